The molecule has 1 aromatic rings. The normalized spacial score (nSPS) is 22.5. The van der Waals surface area contributed by atoms with Crippen LogP contribution >= 0.6 is 0 Å². The van der Waals surface area contributed by atoms with Gasteiger partial charge in [0.05, 0.1) is 5.60 Å². The van der Waals surface area contributed by atoms with E-state index in [9.17, 15) is 14.7 Å². The van der Waals surface area contributed by atoms with Crippen molar-refractivity contribution in [1.82, 2.24) is 10.6 Å². The summed E-state index contributed by atoms with van der Waals surface area (Å²) in [6.45, 7) is 2.99. The summed E-state index contributed by atoms with van der Waals surface area (Å²) in [5, 5.41) is 14.4. The van der Waals surface area contributed by atoms with E-state index in [1.165, 1.54) is 0 Å². The molecule has 1 saturated heterocycles. The summed E-state index contributed by atoms with van der Waals surface area (Å²) in [5.74, 6) is -1.10. The van der Waals surface area contributed by atoms with Gasteiger partial charge in [0, 0.05) is 13.2 Å². The number of carbonyl (C=O) groups excluding carboxylic acids is 1. The standard InChI is InChI=1S/C15H20N2O4/c1-15(8-5-9-21-15)10-16-14(20)17-12(13(18)19)11-6-3-2-4-7-11/h2-4,6-7,12H,5,8-10H2,1H3,(H,18,19)(H2,16,17,20). The van der Waals surface area contributed by atoms with Gasteiger partial charge in [-0.2, -0.15) is 0 Å². The smallest absolute Gasteiger partial charge is 0.330 e. The van der Waals surface area contributed by atoms with E-state index < -0.39 is 18.0 Å². The van der Waals surface area contributed by atoms with Gasteiger partial charge in [-0.05, 0) is 25.3 Å². The zero-order chi connectivity index (χ0) is 15.3. The molecule has 1 aliphatic rings. The molecule has 1 aromatic carbocycles. The van der Waals surface area contributed by atoms with Crippen molar-refractivity contribution >= 4 is 12.0 Å². The van der Waals surface area contributed by atoms with Crippen LogP contribution in [-0.4, -0.2) is 35.9 Å². The van der Waals surface area contributed by atoms with E-state index in [4.69, 9.17) is 4.74 Å². The first-order valence-electron chi connectivity index (χ1n) is 6.96. The fourth-order valence-electron chi connectivity index (χ4n) is 2.36. The Labute approximate surface area is 123 Å². The van der Waals surface area contributed by atoms with E-state index in [1.54, 1.807) is 30.3 Å². The van der Waals surface area contributed by atoms with E-state index >= 15 is 0 Å². The summed E-state index contributed by atoms with van der Waals surface area (Å²) < 4.78 is 5.57. The Morgan fingerprint density at radius 2 is 2.10 bits per heavy atom. The number of carbonyl (C=O) groups is 2. The lowest BCUT2D eigenvalue weighted by atomic mass is 10.0. The van der Waals surface area contributed by atoms with Gasteiger partial charge in [0.15, 0.2) is 6.04 Å². The van der Waals surface area contributed by atoms with Crippen LogP contribution in [0.2, 0.25) is 0 Å². The molecule has 0 saturated carbocycles. The van der Waals surface area contributed by atoms with Crippen LogP contribution in [0.5, 0.6) is 0 Å². The Morgan fingerprint density at radius 3 is 2.67 bits per heavy atom. The topological polar surface area (TPSA) is 87.7 Å². The van der Waals surface area contributed by atoms with Crippen LogP contribution in [0, 0.1) is 0 Å². The third kappa shape index (κ3) is 4.19. The van der Waals surface area contributed by atoms with Gasteiger partial charge in [-0.3, -0.25) is 0 Å². The Balaban J connectivity index is 1.91. The lowest BCUT2D eigenvalue weighted by molar-refractivity contribution is -0.139. The Kier molecular flexibility index (Phi) is 4.80. The number of hydrogen-bond donors (Lipinski definition) is 3. The zero-order valence-corrected chi connectivity index (χ0v) is 12.0. The number of benzene rings is 1. The molecular formula is C15H20N2O4. The van der Waals surface area contributed by atoms with Gasteiger partial charge in [-0.25, -0.2) is 9.59 Å². The maximum Gasteiger partial charge on any atom is 0.330 e. The number of urea groups is 1. The number of ether oxygens (including phenoxy) is 1. The number of amides is 2. The molecule has 6 heteroatoms. The van der Waals surface area contributed by atoms with Crippen molar-refractivity contribution in [3.8, 4) is 0 Å². The summed E-state index contributed by atoms with van der Waals surface area (Å²) >= 11 is 0. The SMILES string of the molecule is CC1(CNC(=O)NC(C(=O)O)c2ccccc2)CCCO1. The van der Waals surface area contributed by atoms with Gasteiger partial charge < -0.3 is 20.5 Å². The molecule has 0 aliphatic carbocycles. The van der Waals surface area contributed by atoms with Crippen LogP contribution in [0.3, 0.4) is 0 Å². The molecule has 2 amide bonds. The summed E-state index contributed by atoms with van der Waals surface area (Å²) in [7, 11) is 0. The molecule has 3 N–H and O–H groups in total. The molecule has 0 radical (unpaired) electrons. The molecule has 2 atom stereocenters. The van der Waals surface area contributed by atoms with Gasteiger partial charge >= 0.3 is 12.0 Å². The molecular weight excluding hydrogens is 272 g/mol. The molecule has 114 valence electrons. The minimum Gasteiger partial charge on any atom is -0.479 e. The van der Waals surface area contributed by atoms with Gasteiger partial charge in [-0.1, -0.05) is 30.3 Å². The predicted octanol–water partition coefficient (Wildman–Crippen LogP) is 1.68. The highest BCUT2D eigenvalue weighted by Crippen LogP contribution is 2.23. The van der Waals surface area contributed by atoms with E-state index in [1.807, 2.05) is 6.92 Å². The molecule has 1 heterocycles. The van der Waals surface area contributed by atoms with Gasteiger partial charge in [-0.15, -0.1) is 0 Å². The fraction of sp³-hybridized carbons (Fsp3) is 0.467. The molecule has 0 spiro atoms. The molecule has 6 nitrogen and oxygen atoms in total. The minimum atomic E-state index is -1.10. The number of carboxylic acids is 1. The highest BCUT2D eigenvalue weighted by atomic mass is 16.5. The summed E-state index contributed by atoms with van der Waals surface area (Å²) in [6, 6.07) is 7.02. The average Bonchev–Trinajstić information content (AvgIpc) is 2.90. The molecule has 21 heavy (non-hydrogen) atoms. The first-order valence-corrected chi connectivity index (χ1v) is 6.96. The third-order valence-electron chi connectivity index (χ3n) is 3.58. The second-order valence-corrected chi connectivity index (χ2v) is 5.41. The highest BCUT2D eigenvalue weighted by molar-refractivity contribution is 5.83. The number of rotatable bonds is 5. The van der Waals surface area contributed by atoms with Crippen molar-refractivity contribution in [2.75, 3.05) is 13.2 Å². The molecule has 1 fully saturated rings. The van der Waals surface area contributed by atoms with Gasteiger partial charge in [0.1, 0.15) is 0 Å². The largest absolute Gasteiger partial charge is 0.479 e. The number of carboxylic acid groups (broad SMARTS) is 1. The van der Waals surface area contributed by atoms with E-state index in [2.05, 4.69) is 10.6 Å². The Morgan fingerprint density at radius 1 is 1.38 bits per heavy atom. The average molecular weight is 292 g/mol. The first-order chi connectivity index (χ1) is 10.0. The van der Waals surface area contributed by atoms with Crippen molar-refractivity contribution in [1.29, 1.82) is 0 Å². The van der Waals surface area contributed by atoms with E-state index in [0.29, 0.717) is 18.7 Å². The van der Waals surface area contributed by atoms with Crippen molar-refractivity contribution in [2.45, 2.75) is 31.4 Å². The summed E-state index contributed by atoms with van der Waals surface area (Å²) in [4.78, 5) is 23.2. The van der Waals surface area contributed by atoms with Crippen LogP contribution in [0.25, 0.3) is 0 Å². The van der Waals surface area contributed by atoms with E-state index in [0.717, 1.165) is 12.8 Å². The number of aliphatic carboxylic acids is 1. The second-order valence-electron chi connectivity index (χ2n) is 5.41. The molecule has 0 bridgehead atoms. The van der Waals surface area contributed by atoms with Crippen molar-refractivity contribution in [3.05, 3.63) is 35.9 Å². The van der Waals surface area contributed by atoms with E-state index in [-0.39, 0.29) is 5.60 Å². The lowest BCUT2D eigenvalue weighted by Gasteiger charge is -2.24. The van der Waals surface area contributed by atoms with Crippen molar-refractivity contribution in [2.24, 2.45) is 0 Å². The van der Waals surface area contributed by atoms with Crippen LogP contribution in [0.4, 0.5) is 4.79 Å². The highest BCUT2D eigenvalue weighted by Gasteiger charge is 2.30. The summed E-state index contributed by atoms with van der Waals surface area (Å²) in [6.07, 6.45) is 1.86. The lowest BCUT2D eigenvalue weighted by Crippen LogP contribution is -2.46. The third-order valence-corrected chi connectivity index (χ3v) is 3.58. The Hall–Kier alpha value is -2.08. The van der Waals surface area contributed by atoms with Crippen molar-refractivity contribution < 1.29 is 19.4 Å². The maximum absolute atomic E-state index is 11.9. The molecule has 1 aliphatic heterocycles. The first kappa shape index (κ1) is 15.3. The maximum atomic E-state index is 11.9. The minimum absolute atomic E-state index is 0.358. The van der Waals surface area contributed by atoms with Gasteiger partial charge in [0.2, 0.25) is 0 Å². The number of hydrogen-bond acceptors (Lipinski definition) is 3. The van der Waals surface area contributed by atoms with Crippen LogP contribution in [0.15, 0.2) is 30.3 Å². The van der Waals surface area contributed by atoms with Crippen LogP contribution in [-0.2, 0) is 9.53 Å². The zero-order valence-electron chi connectivity index (χ0n) is 12.0. The molecule has 2 unspecified atom stereocenters. The van der Waals surface area contributed by atoms with Crippen molar-refractivity contribution in [3.63, 3.8) is 0 Å². The molecule has 0 aromatic heterocycles. The molecule has 2 rings (SSSR count). The van der Waals surface area contributed by atoms with Gasteiger partial charge in [0.25, 0.3) is 0 Å². The fourth-order valence-corrected chi connectivity index (χ4v) is 2.36. The Bertz CT molecular complexity index is 498. The van der Waals surface area contributed by atoms with Crippen LogP contribution in [0.1, 0.15) is 31.4 Å². The quantitative estimate of drug-likeness (QED) is 0.770. The monoisotopic (exact) mass is 292 g/mol. The second kappa shape index (κ2) is 6.58. The predicted molar refractivity (Wildman–Crippen MR) is 76.9 cm³/mol. The summed E-state index contributed by atoms with van der Waals surface area (Å²) in [5.41, 5.74) is 0.173. The number of nitrogens with one attached hydrogen (secondary N) is 2. The van der Waals surface area contributed by atoms with Crippen LogP contribution < -0.4 is 10.6 Å².